The smallest absolute Gasteiger partial charge is 0.272 e. The van der Waals surface area contributed by atoms with Gasteiger partial charge in [0.05, 0.1) is 26.3 Å². The molecule has 0 aromatic carbocycles. The van der Waals surface area contributed by atoms with Crippen molar-refractivity contribution in [1.82, 2.24) is 35.1 Å². The van der Waals surface area contributed by atoms with E-state index >= 15 is 0 Å². The first-order valence-electron chi connectivity index (χ1n) is 13.6. The molecule has 0 atom stereocenters. The zero-order valence-corrected chi connectivity index (χ0v) is 29.7. The van der Waals surface area contributed by atoms with Crippen molar-refractivity contribution in [2.24, 2.45) is 0 Å². The van der Waals surface area contributed by atoms with E-state index in [0.717, 1.165) is 22.7 Å². The lowest BCUT2D eigenvalue weighted by atomic mass is 10.4. The van der Waals surface area contributed by atoms with Gasteiger partial charge in [0, 0.05) is 24.8 Å². The highest BCUT2D eigenvalue weighted by Crippen LogP contribution is 2.30. The molecule has 0 aliphatic heterocycles. The minimum atomic E-state index is -3.84. The van der Waals surface area contributed by atoms with Gasteiger partial charge in [-0.3, -0.25) is 14.4 Å². The molecule has 6 aromatic rings. The fourth-order valence-corrected chi connectivity index (χ4v) is 8.52. The molecule has 6 rings (SSSR count). The summed E-state index contributed by atoms with van der Waals surface area (Å²) >= 11 is 13.5. The van der Waals surface area contributed by atoms with Crippen molar-refractivity contribution in [2.45, 2.75) is 28.6 Å². The molecular formula is C28H23Cl2N9O6S4. The molecule has 21 heteroatoms. The lowest BCUT2D eigenvalue weighted by Gasteiger charge is -2.11. The van der Waals surface area contributed by atoms with E-state index in [4.69, 9.17) is 32.7 Å². The minimum Gasteiger partial charge on any atom is -0.469 e. The number of sulfonamides is 2. The Labute approximate surface area is 298 Å². The third kappa shape index (κ3) is 10.2. The summed E-state index contributed by atoms with van der Waals surface area (Å²) in [5.74, 6) is 0.100. The molecule has 0 spiro atoms. The molecule has 49 heavy (non-hydrogen) atoms. The van der Waals surface area contributed by atoms with Gasteiger partial charge in [-0.05, 0) is 55.5 Å². The summed E-state index contributed by atoms with van der Waals surface area (Å²) in [6, 6.07) is 14.7. The summed E-state index contributed by atoms with van der Waals surface area (Å²) in [4.78, 5) is 20.4. The SMILES string of the molecule is Cc1cnc(NS(=O)(=O)c2ccc(Cl)s2)c(OCc2cccnn2)n1.O=S(=O)(Nc1nccnc1OCc1ccccn1)c1ccc(Cl)s1. The van der Waals surface area contributed by atoms with E-state index < -0.39 is 20.0 Å². The second-order valence-electron chi connectivity index (χ2n) is 9.32. The van der Waals surface area contributed by atoms with Crippen molar-refractivity contribution in [1.29, 1.82) is 0 Å². The van der Waals surface area contributed by atoms with E-state index in [0.29, 0.717) is 25.8 Å². The van der Waals surface area contributed by atoms with Crippen LogP contribution in [0.2, 0.25) is 8.67 Å². The molecule has 0 bridgehead atoms. The second-order valence-corrected chi connectivity index (χ2v) is 16.6. The Hall–Kier alpha value is -4.53. The molecule has 6 heterocycles. The molecule has 0 unspecified atom stereocenters. The number of hydrogen-bond acceptors (Lipinski definition) is 15. The zero-order valence-electron chi connectivity index (χ0n) is 25.0. The number of aryl methyl sites for hydroxylation is 1. The summed E-state index contributed by atoms with van der Waals surface area (Å²) in [7, 11) is -7.65. The predicted octanol–water partition coefficient (Wildman–Crippen LogP) is 5.64. The van der Waals surface area contributed by atoms with E-state index in [2.05, 4.69) is 44.6 Å². The molecule has 2 N–H and O–H groups in total. The zero-order chi connectivity index (χ0) is 34.9. The largest absolute Gasteiger partial charge is 0.469 e. The molecule has 0 aliphatic rings. The normalized spacial score (nSPS) is 11.2. The number of halogens is 2. The summed E-state index contributed by atoms with van der Waals surface area (Å²) < 4.78 is 66.2. The van der Waals surface area contributed by atoms with Crippen LogP contribution in [0, 0.1) is 6.92 Å². The van der Waals surface area contributed by atoms with E-state index in [-0.39, 0.29) is 45.0 Å². The van der Waals surface area contributed by atoms with Crippen molar-refractivity contribution >= 4 is 77.6 Å². The number of aromatic nitrogens is 7. The van der Waals surface area contributed by atoms with Gasteiger partial charge in [0.1, 0.15) is 27.3 Å². The van der Waals surface area contributed by atoms with Crippen LogP contribution in [0.25, 0.3) is 0 Å². The number of rotatable bonds is 12. The van der Waals surface area contributed by atoms with Gasteiger partial charge in [-0.15, -0.1) is 22.7 Å². The number of nitrogens with one attached hydrogen (secondary N) is 2. The average molecular weight is 781 g/mol. The Morgan fingerprint density at radius 2 is 1.29 bits per heavy atom. The van der Waals surface area contributed by atoms with Crippen LogP contribution in [0.5, 0.6) is 11.8 Å². The first-order chi connectivity index (χ1) is 23.5. The van der Waals surface area contributed by atoms with Crippen LogP contribution < -0.4 is 18.9 Å². The van der Waals surface area contributed by atoms with Crippen LogP contribution in [-0.2, 0) is 33.3 Å². The Morgan fingerprint density at radius 1 is 0.673 bits per heavy atom. The molecule has 0 aliphatic carbocycles. The molecule has 15 nitrogen and oxygen atoms in total. The Morgan fingerprint density at radius 3 is 1.88 bits per heavy atom. The Bertz CT molecular complexity index is 2230. The van der Waals surface area contributed by atoms with Crippen LogP contribution in [-0.4, -0.2) is 52.0 Å². The van der Waals surface area contributed by atoms with Crippen LogP contribution in [0.3, 0.4) is 0 Å². The number of anilines is 2. The highest BCUT2D eigenvalue weighted by Gasteiger charge is 2.22. The molecule has 0 radical (unpaired) electrons. The fourth-order valence-electron chi connectivity index (χ4n) is 3.54. The van der Waals surface area contributed by atoms with Gasteiger partial charge < -0.3 is 9.47 Å². The van der Waals surface area contributed by atoms with E-state index in [1.54, 1.807) is 43.6 Å². The average Bonchev–Trinajstić information content (AvgIpc) is 3.75. The van der Waals surface area contributed by atoms with Gasteiger partial charge >= 0.3 is 0 Å². The third-order valence-electron chi connectivity index (χ3n) is 5.68. The fraction of sp³-hybridized carbons (Fsp3) is 0.107. The maximum atomic E-state index is 12.4. The first-order valence-corrected chi connectivity index (χ1v) is 19.0. The lowest BCUT2D eigenvalue weighted by molar-refractivity contribution is 0.288. The highest BCUT2D eigenvalue weighted by molar-refractivity contribution is 7.95. The van der Waals surface area contributed by atoms with Crippen molar-refractivity contribution in [3.8, 4) is 11.8 Å². The van der Waals surface area contributed by atoms with Gasteiger partial charge in [-0.25, -0.2) is 36.8 Å². The standard InChI is InChI=1S/C14H12ClN5O3S2.C14H11ClN4O3S2/c1-9-7-16-13(20-25(21,22)12-5-4-11(15)24-12)14(18-9)23-8-10-3-2-6-17-19-10;15-11-4-5-12(23-11)24(20,21)19-13-14(18-8-7-17-13)22-9-10-3-1-2-6-16-10/h2-7H,8H2,1H3,(H,16,20);1-8H,9H2,(H,17,19). The Kier molecular flexibility index (Phi) is 11.9. The summed E-state index contributed by atoms with van der Waals surface area (Å²) in [6.07, 6.45) is 7.40. The van der Waals surface area contributed by atoms with Gasteiger partial charge in [0.15, 0.2) is 0 Å². The van der Waals surface area contributed by atoms with Crippen LogP contribution in [0.1, 0.15) is 17.1 Å². The molecule has 0 amide bonds. The number of ether oxygens (including phenoxy) is 2. The summed E-state index contributed by atoms with van der Waals surface area (Å²) in [5, 5.41) is 7.65. The quantitative estimate of drug-likeness (QED) is 0.155. The van der Waals surface area contributed by atoms with Gasteiger partial charge in [-0.1, -0.05) is 29.3 Å². The topological polar surface area (TPSA) is 201 Å². The molecule has 0 saturated heterocycles. The number of pyridine rings is 1. The number of thiophene rings is 2. The monoisotopic (exact) mass is 779 g/mol. The van der Waals surface area contributed by atoms with E-state index in [1.807, 2.05) is 6.07 Å². The molecule has 6 aromatic heterocycles. The highest BCUT2D eigenvalue weighted by atomic mass is 35.5. The van der Waals surface area contributed by atoms with E-state index in [9.17, 15) is 16.8 Å². The Balaban J connectivity index is 0.000000191. The van der Waals surface area contributed by atoms with Crippen molar-refractivity contribution in [3.63, 3.8) is 0 Å². The first kappa shape index (κ1) is 35.8. The molecule has 254 valence electrons. The van der Waals surface area contributed by atoms with Crippen molar-refractivity contribution < 1.29 is 26.3 Å². The second kappa shape index (κ2) is 16.2. The molecule has 0 saturated carbocycles. The van der Waals surface area contributed by atoms with Gasteiger partial charge in [-0.2, -0.15) is 10.2 Å². The lowest BCUT2D eigenvalue weighted by Crippen LogP contribution is -2.15. The van der Waals surface area contributed by atoms with Crippen molar-refractivity contribution in [2.75, 3.05) is 9.44 Å². The molecule has 0 fully saturated rings. The third-order valence-corrected chi connectivity index (χ3v) is 11.8. The maximum Gasteiger partial charge on any atom is 0.272 e. The van der Waals surface area contributed by atoms with Gasteiger partial charge in [0.25, 0.3) is 31.8 Å². The van der Waals surface area contributed by atoms with Gasteiger partial charge in [0.2, 0.25) is 11.6 Å². The molecular weight excluding hydrogens is 758 g/mol. The van der Waals surface area contributed by atoms with Crippen LogP contribution in [0.15, 0.2) is 94.0 Å². The van der Waals surface area contributed by atoms with Crippen LogP contribution >= 0.6 is 45.9 Å². The van der Waals surface area contributed by atoms with Crippen molar-refractivity contribution in [3.05, 3.63) is 111 Å². The van der Waals surface area contributed by atoms with E-state index in [1.165, 1.54) is 42.9 Å². The number of nitrogens with zero attached hydrogens (tertiary/aromatic N) is 7. The maximum absolute atomic E-state index is 12.4. The van der Waals surface area contributed by atoms with Crippen LogP contribution in [0.4, 0.5) is 11.6 Å². The minimum absolute atomic E-state index is 0.00189. The predicted molar refractivity (Wildman–Crippen MR) is 184 cm³/mol. The summed E-state index contributed by atoms with van der Waals surface area (Å²) in [6.45, 7) is 1.93. The number of hydrogen-bond donors (Lipinski definition) is 2. The summed E-state index contributed by atoms with van der Waals surface area (Å²) in [5.41, 5.74) is 1.84.